The lowest BCUT2D eigenvalue weighted by Crippen LogP contribution is -2.50. The van der Waals surface area contributed by atoms with Crippen LogP contribution < -0.4 is 4.90 Å². The molecule has 0 bridgehead atoms. The first-order valence-electron chi connectivity index (χ1n) is 9.38. The van der Waals surface area contributed by atoms with Crippen LogP contribution in [0.5, 0.6) is 0 Å². The first kappa shape index (κ1) is 20.4. The summed E-state index contributed by atoms with van der Waals surface area (Å²) in [6.07, 6.45) is 2.62. The standard InChI is InChI=1S/C15H18N4O.C7H6O2/c1-2-14(20)18-7-9-19(10-8-18)15-12-5-3-4-6-13(12)16-11-17-15;8-7(9)6-4-2-1-3-5-6/h2-6,11,14,20H,1,7-10H2;1-5H,(H,8,9). The van der Waals surface area contributed by atoms with Crippen LogP contribution in [0.3, 0.4) is 0 Å². The molecule has 1 fully saturated rings. The molecule has 7 nitrogen and oxygen atoms in total. The number of aliphatic hydroxyl groups excluding tert-OH is 1. The molecule has 1 saturated heterocycles. The molecule has 1 aromatic heterocycles. The molecule has 0 aliphatic carbocycles. The maximum absolute atomic E-state index is 10.2. The van der Waals surface area contributed by atoms with Crippen molar-refractivity contribution < 1.29 is 15.0 Å². The molecule has 1 unspecified atom stereocenters. The van der Waals surface area contributed by atoms with Gasteiger partial charge < -0.3 is 15.1 Å². The monoisotopic (exact) mass is 392 g/mol. The van der Waals surface area contributed by atoms with Crippen LogP contribution in [0.25, 0.3) is 10.9 Å². The molecule has 1 aliphatic heterocycles. The van der Waals surface area contributed by atoms with Crippen molar-refractivity contribution in [2.75, 3.05) is 31.1 Å². The summed E-state index contributed by atoms with van der Waals surface area (Å²) in [6, 6.07) is 16.3. The SMILES string of the molecule is C=CC(O)N1CCN(c2ncnc3ccccc23)CC1.O=C(O)c1ccccc1. The smallest absolute Gasteiger partial charge is 0.335 e. The van der Waals surface area contributed by atoms with Crippen LogP contribution in [0.4, 0.5) is 5.82 Å². The first-order valence-corrected chi connectivity index (χ1v) is 9.38. The van der Waals surface area contributed by atoms with Gasteiger partial charge in [-0.15, -0.1) is 0 Å². The normalized spacial score (nSPS) is 15.3. The van der Waals surface area contributed by atoms with E-state index in [9.17, 15) is 9.90 Å². The maximum atomic E-state index is 10.2. The van der Waals surface area contributed by atoms with Gasteiger partial charge in [0.05, 0.1) is 11.1 Å². The van der Waals surface area contributed by atoms with Crippen LogP contribution in [-0.4, -0.2) is 63.5 Å². The molecule has 150 valence electrons. The molecule has 7 heteroatoms. The lowest BCUT2D eigenvalue weighted by atomic mass is 10.2. The van der Waals surface area contributed by atoms with Gasteiger partial charge in [0.25, 0.3) is 0 Å². The molecule has 2 heterocycles. The third-order valence-electron chi connectivity index (χ3n) is 4.74. The Morgan fingerprint density at radius 3 is 2.28 bits per heavy atom. The summed E-state index contributed by atoms with van der Waals surface area (Å²) in [6.45, 7) is 6.90. The molecule has 0 saturated carbocycles. The van der Waals surface area contributed by atoms with Gasteiger partial charge in [-0.3, -0.25) is 4.90 Å². The van der Waals surface area contributed by atoms with Crippen LogP contribution in [0.1, 0.15) is 10.4 Å². The van der Waals surface area contributed by atoms with E-state index in [2.05, 4.69) is 27.5 Å². The molecule has 29 heavy (non-hydrogen) atoms. The molecule has 0 amide bonds. The van der Waals surface area contributed by atoms with Crippen LogP contribution in [0, 0.1) is 0 Å². The minimum atomic E-state index is -0.879. The summed E-state index contributed by atoms with van der Waals surface area (Å²) in [5.74, 6) is 0.0962. The summed E-state index contributed by atoms with van der Waals surface area (Å²) in [5.41, 5.74) is 1.29. The van der Waals surface area contributed by atoms with Crippen LogP contribution >= 0.6 is 0 Å². The van der Waals surface area contributed by atoms with E-state index >= 15 is 0 Å². The second-order valence-corrected chi connectivity index (χ2v) is 6.56. The summed E-state index contributed by atoms with van der Waals surface area (Å²) in [4.78, 5) is 23.2. The van der Waals surface area contributed by atoms with Crippen molar-refractivity contribution in [3.8, 4) is 0 Å². The second kappa shape index (κ2) is 9.77. The number of carboxylic acids is 1. The van der Waals surface area contributed by atoms with E-state index in [0.717, 1.165) is 42.9 Å². The number of carbonyl (C=O) groups is 1. The van der Waals surface area contributed by atoms with Gasteiger partial charge in [0, 0.05) is 31.6 Å². The van der Waals surface area contributed by atoms with E-state index in [1.165, 1.54) is 0 Å². The molecule has 3 aromatic rings. The number of fused-ring (bicyclic) bond motifs is 1. The fraction of sp³-hybridized carbons (Fsp3) is 0.227. The largest absolute Gasteiger partial charge is 0.478 e. The molecular formula is C22H24N4O3. The number of hydrogen-bond acceptors (Lipinski definition) is 6. The summed E-state index contributed by atoms with van der Waals surface area (Å²) in [7, 11) is 0. The summed E-state index contributed by atoms with van der Waals surface area (Å²) >= 11 is 0. The van der Waals surface area contributed by atoms with E-state index < -0.39 is 12.2 Å². The predicted octanol–water partition coefficient (Wildman–Crippen LogP) is 2.64. The second-order valence-electron chi connectivity index (χ2n) is 6.56. The van der Waals surface area contributed by atoms with E-state index in [-0.39, 0.29) is 0 Å². The zero-order valence-electron chi connectivity index (χ0n) is 16.1. The minimum Gasteiger partial charge on any atom is -0.478 e. The highest BCUT2D eigenvalue weighted by Gasteiger charge is 2.22. The molecule has 2 aromatic carbocycles. The fourth-order valence-corrected chi connectivity index (χ4v) is 3.17. The topological polar surface area (TPSA) is 89.8 Å². The molecular weight excluding hydrogens is 368 g/mol. The van der Waals surface area contributed by atoms with Crippen molar-refractivity contribution in [3.05, 3.63) is 79.1 Å². The molecule has 4 rings (SSSR count). The predicted molar refractivity (Wildman–Crippen MR) is 113 cm³/mol. The molecule has 2 N–H and O–H groups in total. The Labute approximate surface area is 169 Å². The van der Waals surface area contributed by atoms with Gasteiger partial charge in [0.1, 0.15) is 18.4 Å². The van der Waals surface area contributed by atoms with Crippen molar-refractivity contribution >= 4 is 22.7 Å². The van der Waals surface area contributed by atoms with Crippen molar-refractivity contribution in [1.82, 2.24) is 14.9 Å². The number of piperazine rings is 1. The summed E-state index contributed by atoms with van der Waals surface area (Å²) in [5, 5.41) is 19.2. The van der Waals surface area contributed by atoms with Gasteiger partial charge in [0.15, 0.2) is 0 Å². The highest BCUT2D eigenvalue weighted by molar-refractivity contribution is 5.89. The zero-order chi connectivity index (χ0) is 20.6. The number of anilines is 1. The number of benzene rings is 2. The number of aromatic carboxylic acids is 1. The summed E-state index contributed by atoms with van der Waals surface area (Å²) < 4.78 is 0. The maximum Gasteiger partial charge on any atom is 0.335 e. The first-order chi connectivity index (χ1) is 14.1. The average Bonchev–Trinajstić information content (AvgIpc) is 2.79. The number of nitrogens with zero attached hydrogens (tertiary/aromatic N) is 4. The van der Waals surface area contributed by atoms with Crippen molar-refractivity contribution in [1.29, 1.82) is 0 Å². The Morgan fingerprint density at radius 1 is 1.00 bits per heavy atom. The van der Waals surface area contributed by atoms with E-state index in [1.54, 1.807) is 42.7 Å². The van der Waals surface area contributed by atoms with Crippen molar-refractivity contribution in [3.63, 3.8) is 0 Å². The minimum absolute atomic E-state index is 0.331. The van der Waals surface area contributed by atoms with Gasteiger partial charge >= 0.3 is 5.97 Å². The fourth-order valence-electron chi connectivity index (χ4n) is 3.17. The van der Waals surface area contributed by atoms with Crippen LogP contribution in [-0.2, 0) is 0 Å². The van der Waals surface area contributed by atoms with E-state index in [4.69, 9.17) is 5.11 Å². The third-order valence-corrected chi connectivity index (χ3v) is 4.74. The Hall–Kier alpha value is -3.29. The highest BCUT2D eigenvalue weighted by atomic mass is 16.4. The van der Waals surface area contributed by atoms with Crippen molar-refractivity contribution in [2.24, 2.45) is 0 Å². The molecule has 0 radical (unpaired) electrons. The van der Waals surface area contributed by atoms with Gasteiger partial charge in [-0.2, -0.15) is 0 Å². The van der Waals surface area contributed by atoms with Gasteiger partial charge in [0.2, 0.25) is 0 Å². The third kappa shape index (κ3) is 5.16. The number of para-hydroxylation sites is 1. The number of aromatic nitrogens is 2. The van der Waals surface area contributed by atoms with E-state index in [0.29, 0.717) is 5.56 Å². The number of aliphatic hydroxyl groups is 1. The Balaban J connectivity index is 0.000000224. The number of carboxylic acid groups (broad SMARTS) is 1. The average molecular weight is 392 g/mol. The zero-order valence-corrected chi connectivity index (χ0v) is 16.1. The number of rotatable bonds is 4. The number of hydrogen-bond donors (Lipinski definition) is 2. The lowest BCUT2D eigenvalue weighted by molar-refractivity contribution is 0.0380. The van der Waals surface area contributed by atoms with Crippen LogP contribution in [0.15, 0.2) is 73.6 Å². The lowest BCUT2D eigenvalue weighted by Gasteiger charge is -2.37. The Morgan fingerprint density at radius 2 is 1.66 bits per heavy atom. The van der Waals surface area contributed by atoms with Crippen LogP contribution in [0.2, 0.25) is 0 Å². The van der Waals surface area contributed by atoms with Gasteiger partial charge in [-0.25, -0.2) is 14.8 Å². The van der Waals surface area contributed by atoms with Gasteiger partial charge in [-0.05, 0) is 30.3 Å². The quantitative estimate of drug-likeness (QED) is 0.660. The molecule has 1 aliphatic rings. The highest BCUT2D eigenvalue weighted by Crippen LogP contribution is 2.23. The Kier molecular flexibility index (Phi) is 6.89. The van der Waals surface area contributed by atoms with Crippen molar-refractivity contribution in [2.45, 2.75) is 6.23 Å². The molecule has 1 atom stereocenters. The Bertz CT molecular complexity index is 951. The molecule has 0 spiro atoms. The van der Waals surface area contributed by atoms with E-state index in [1.807, 2.05) is 23.1 Å². The van der Waals surface area contributed by atoms with Gasteiger partial charge in [-0.1, -0.05) is 36.9 Å².